The van der Waals surface area contributed by atoms with Crippen molar-refractivity contribution in [3.63, 3.8) is 0 Å². The fraction of sp³-hybridized carbons (Fsp3) is 0.462. The van der Waals surface area contributed by atoms with Crippen molar-refractivity contribution in [2.24, 2.45) is 0 Å². The fourth-order valence-corrected chi connectivity index (χ4v) is 2.31. The summed E-state index contributed by atoms with van der Waals surface area (Å²) in [6.07, 6.45) is 1.12. The van der Waals surface area contributed by atoms with Crippen LogP contribution in [0.15, 0.2) is 24.3 Å². The Kier molecular flexibility index (Phi) is 3.80. The van der Waals surface area contributed by atoms with Crippen LogP contribution in [-0.4, -0.2) is 24.1 Å². The van der Waals surface area contributed by atoms with Gasteiger partial charge in [0.25, 0.3) is 5.69 Å². The average Bonchev–Trinajstić information content (AvgIpc) is 2.39. The number of benzene rings is 1. The molecule has 0 radical (unpaired) electrons. The number of nitro benzene ring substituents is 1. The van der Waals surface area contributed by atoms with Crippen molar-refractivity contribution in [2.75, 3.05) is 13.2 Å². The molecule has 0 N–H and O–H groups in total. The molecule has 0 unspecified atom stereocenters. The molecule has 1 saturated heterocycles. The van der Waals surface area contributed by atoms with Gasteiger partial charge < -0.3 is 9.47 Å². The number of carbonyl (C=O) groups is 1. The molecule has 19 heavy (non-hydrogen) atoms. The van der Waals surface area contributed by atoms with E-state index in [9.17, 15) is 14.9 Å². The summed E-state index contributed by atoms with van der Waals surface area (Å²) in [5.74, 6) is -0.361. The Morgan fingerprint density at radius 3 is 2.37 bits per heavy atom. The van der Waals surface area contributed by atoms with E-state index in [0.29, 0.717) is 26.1 Å². The van der Waals surface area contributed by atoms with Crippen LogP contribution in [0, 0.1) is 10.1 Å². The maximum absolute atomic E-state index is 11.3. The number of hydrogen-bond donors (Lipinski definition) is 0. The lowest BCUT2D eigenvalue weighted by Gasteiger charge is -2.36. The van der Waals surface area contributed by atoms with E-state index in [1.54, 1.807) is 12.1 Å². The molecule has 102 valence electrons. The van der Waals surface area contributed by atoms with E-state index in [1.165, 1.54) is 19.1 Å². The zero-order valence-corrected chi connectivity index (χ0v) is 10.6. The van der Waals surface area contributed by atoms with Crippen LogP contribution in [0.25, 0.3) is 0 Å². The molecule has 1 aromatic rings. The molecule has 1 heterocycles. The third-order valence-electron chi connectivity index (χ3n) is 3.24. The lowest BCUT2D eigenvalue weighted by atomic mass is 9.86. The molecule has 0 aromatic heterocycles. The van der Waals surface area contributed by atoms with Crippen molar-refractivity contribution in [1.29, 1.82) is 0 Å². The molecule has 1 aliphatic rings. The van der Waals surface area contributed by atoms with Crippen LogP contribution in [0.5, 0.6) is 0 Å². The van der Waals surface area contributed by atoms with E-state index in [4.69, 9.17) is 9.47 Å². The number of rotatable bonds is 3. The van der Waals surface area contributed by atoms with E-state index in [0.717, 1.165) is 5.56 Å². The second kappa shape index (κ2) is 5.36. The zero-order valence-electron chi connectivity index (χ0n) is 10.6. The zero-order chi connectivity index (χ0) is 13.9. The Morgan fingerprint density at radius 2 is 1.89 bits per heavy atom. The second-order valence-electron chi connectivity index (χ2n) is 4.50. The first-order valence-corrected chi connectivity index (χ1v) is 6.06. The van der Waals surface area contributed by atoms with Gasteiger partial charge in [0, 0.05) is 31.9 Å². The van der Waals surface area contributed by atoms with Gasteiger partial charge in [-0.25, -0.2) is 0 Å². The molecule has 1 aromatic carbocycles. The molecule has 2 rings (SSSR count). The number of non-ortho nitro benzene ring substituents is 1. The number of nitro groups is 1. The van der Waals surface area contributed by atoms with Crippen LogP contribution in [0.3, 0.4) is 0 Å². The monoisotopic (exact) mass is 265 g/mol. The minimum atomic E-state index is -0.723. The van der Waals surface area contributed by atoms with Crippen molar-refractivity contribution in [3.05, 3.63) is 39.9 Å². The Labute approximate surface area is 110 Å². The molecule has 6 nitrogen and oxygen atoms in total. The molecule has 0 bridgehead atoms. The molecule has 0 saturated carbocycles. The molecule has 0 atom stereocenters. The Balaban J connectivity index is 2.32. The summed E-state index contributed by atoms with van der Waals surface area (Å²) in [4.78, 5) is 21.5. The van der Waals surface area contributed by atoms with E-state index in [-0.39, 0.29) is 11.7 Å². The maximum Gasteiger partial charge on any atom is 0.303 e. The lowest BCUT2D eigenvalue weighted by molar-refractivity contribution is -0.384. The second-order valence-corrected chi connectivity index (χ2v) is 4.50. The predicted octanol–water partition coefficient (Wildman–Crippen LogP) is 2.16. The highest BCUT2D eigenvalue weighted by molar-refractivity contribution is 5.67. The minimum absolute atomic E-state index is 0.0220. The SMILES string of the molecule is CC(=O)OC1(c2ccc([N+](=O)[O-])cc2)CCOCC1. The molecular formula is C13H15NO5. The number of nitrogens with zero attached hydrogens (tertiary/aromatic N) is 1. The summed E-state index contributed by atoms with van der Waals surface area (Å²) in [5.41, 5.74) is 0.0736. The Hall–Kier alpha value is -1.95. The smallest absolute Gasteiger partial charge is 0.303 e. The van der Waals surface area contributed by atoms with Crippen LogP contribution in [-0.2, 0) is 19.9 Å². The van der Waals surface area contributed by atoms with E-state index < -0.39 is 10.5 Å². The predicted molar refractivity (Wildman–Crippen MR) is 66.6 cm³/mol. The summed E-state index contributed by atoms with van der Waals surface area (Å²) >= 11 is 0. The van der Waals surface area contributed by atoms with Crippen LogP contribution < -0.4 is 0 Å². The van der Waals surface area contributed by atoms with Crippen LogP contribution in [0.4, 0.5) is 5.69 Å². The summed E-state index contributed by atoms with van der Waals surface area (Å²) in [5, 5.41) is 10.6. The molecular weight excluding hydrogens is 250 g/mol. The first kappa shape index (κ1) is 13.5. The van der Waals surface area contributed by atoms with Crippen molar-refractivity contribution in [3.8, 4) is 0 Å². The highest BCUT2D eigenvalue weighted by Gasteiger charge is 2.37. The third kappa shape index (κ3) is 2.90. The molecule has 0 aliphatic carbocycles. The summed E-state index contributed by atoms with van der Waals surface area (Å²) in [6.45, 7) is 2.37. The molecule has 0 spiro atoms. The molecule has 6 heteroatoms. The average molecular weight is 265 g/mol. The summed E-state index contributed by atoms with van der Waals surface area (Å²) in [7, 11) is 0. The van der Waals surface area contributed by atoms with Crippen molar-refractivity contribution in [2.45, 2.75) is 25.4 Å². The number of esters is 1. The summed E-state index contributed by atoms with van der Waals surface area (Å²) in [6, 6.07) is 6.14. The number of hydrogen-bond acceptors (Lipinski definition) is 5. The quantitative estimate of drug-likeness (QED) is 0.475. The van der Waals surface area contributed by atoms with E-state index in [1.807, 2.05) is 0 Å². The Morgan fingerprint density at radius 1 is 1.32 bits per heavy atom. The van der Waals surface area contributed by atoms with Gasteiger partial charge in [-0.05, 0) is 17.7 Å². The van der Waals surface area contributed by atoms with Crippen LogP contribution in [0.1, 0.15) is 25.3 Å². The number of carbonyl (C=O) groups excluding carboxylic acids is 1. The number of ether oxygens (including phenoxy) is 2. The normalized spacial score (nSPS) is 17.7. The first-order valence-electron chi connectivity index (χ1n) is 6.06. The van der Waals surface area contributed by atoms with Gasteiger partial charge in [0.05, 0.1) is 18.1 Å². The molecule has 1 fully saturated rings. The van der Waals surface area contributed by atoms with Gasteiger partial charge in [0.15, 0.2) is 0 Å². The summed E-state index contributed by atoms with van der Waals surface area (Å²) < 4.78 is 10.8. The standard InChI is InChI=1S/C13H15NO5/c1-10(15)19-13(6-8-18-9-7-13)11-2-4-12(5-3-11)14(16)17/h2-5H,6-9H2,1H3. The molecule has 0 amide bonds. The van der Waals surface area contributed by atoms with Crippen LogP contribution >= 0.6 is 0 Å². The van der Waals surface area contributed by atoms with Crippen molar-refractivity contribution >= 4 is 11.7 Å². The largest absolute Gasteiger partial charge is 0.454 e. The van der Waals surface area contributed by atoms with Gasteiger partial charge in [-0.2, -0.15) is 0 Å². The topological polar surface area (TPSA) is 78.7 Å². The van der Waals surface area contributed by atoms with Gasteiger partial charge in [-0.3, -0.25) is 14.9 Å². The van der Waals surface area contributed by atoms with E-state index in [2.05, 4.69) is 0 Å². The van der Waals surface area contributed by atoms with E-state index >= 15 is 0 Å². The Bertz CT molecular complexity index is 476. The van der Waals surface area contributed by atoms with Gasteiger partial charge in [0.2, 0.25) is 0 Å². The van der Waals surface area contributed by atoms with Gasteiger partial charge in [-0.1, -0.05) is 0 Å². The van der Waals surface area contributed by atoms with Gasteiger partial charge in [0.1, 0.15) is 5.60 Å². The highest BCUT2D eigenvalue weighted by Crippen LogP contribution is 2.36. The van der Waals surface area contributed by atoms with Crippen molar-refractivity contribution in [1.82, 2.24) is 0 Å². The first-order chi connectivity index (χ1) is 9.03. The minimum Gasteiger partial charge on any atom is -0.454 e. The van der Waals surface area contributed by atoms with Crippen molar-refractivity contribution < 1.29 is 19.2 Å². The highest BCUT2D eigenvalue weighted by atomic mass is 16.6. The molecule has 1 aliphatic heterocycles. The van der Waals surface area contributed by atoms with Crippen LogP contribution in [0.2, 0.25) is 0 Å². The lowest BCUT2D eigenvalue weighted by Crippen LogP contribution is -2.37. The fourth-order valence-electron chi connectivity index (χ4n) is 2.31. The third-order valence-corrected chi connectivity index (χ3v) is 3.24. The van der Waals surface area contributed by atoms with Gasteiger partial charge in [-0.15, -0.1) is 0 Å². The van der Waals surface area contributed by atoms with Gasteiger partial charge >= 0.3 is 5.97 Å². The maximum atomic E-state index is 11.3.